The Morgan fingerprint density at radius 3 is 1.89 bits per heavy atom. The number of rotatable bonds is 26. The Morgan fingerprint density at radius 2 is 1.29 bits per heavy atom. The lowest BCUT2D eigenvalue weighted by Gasteiger charge is -2.27. The second-order valence-electron chi connectivity index (χ2n) is 17.5. The summed E-state index contributed by atoms with van der Waals surface area (Å²) in [7, 11) is 0. The summed E-state index contributed by atoms with van der Waals surface area (Å²) in [6.45, 7) is 13.5. The molecule has 9 heteroatoms. The molecule has 4 rings (SSSR count). The Hall–Kier alpha value is -3.69. The average Bonchev–Trinajstić information content (AvgIpc) is 3.94. The van der Waals surface area contributed by atoms with Gasteiger partial charge in [-0.2, -0.15) is 0 Å². The lowest BCUT2D eigenvalue weighted by atomic mass is 9.87. The Labute approximate surface area is 336 Å². The number of nitrogens with one attached hydrogen (secondary N) is 2. The summed E-state index contributed by atoms with van der Waals surface area (Å²) in [4.78, 5) is 71.8. The van der Waals surface area contributed by atoms with E-state index in [1.54, 1.807) is 6.92 Å². The average molecular weight is 772 g/mol. The minimum atomic E-state index is -0.893. The zero-order chi connectivity index (χ0) is 40.5. The first-order chi connectivity index (χ1) is 26.8. The van der Waals surface area contributed by atoms with Crippen molar-refractivity contribution >= 4 is 29.2 Å². The van der Waals surface area contributed by atoms with Crippen LogP contribution in [0.4, 0.5) is 0 Å². The molecule has 2 N–H and O–H groups in total. The monoisotopic (exact) mass is 772 g/mol. The second-order valence-corrected chi connectivity index (χ2v) is 17.5. The van der Waals surface area contributed by atoms with E-state index in [9.17, 15) is 24.0 Å². The highest BCUT2D eigenvalue weighted by Gasteiger charge is 2.50. The summed E-state index contributed by atoms with van der Waals surface area (Å²) in [6.07, 6.45) is 9.56. The molecule has 2 aliphatic rings. The fraction of sp³-hybridized carbons (Fsp3) is 0.638. The maximum absolute atomic E-state index is 14.3. The van der Waals surface area contributed by atoms with Gasteiger partial charge >= 0.3 is 0 Å². The van der Waals surface area contributed by atoms with Gasteiger partial charge in [0.15, 0.2) is 11.6 Å². The van der Waals surface area contributed by atoms with Crippen LogP contribution in [-0.2, 0) is 41.6 Å². The molecule has 1 unspecified atom stereocenters. The van der Waals surface area contributed by atoms with Crippen molar-refractivity contribution in [3.8, 4) is 0 Å². The molecule has 0 bridgehead atoms. The molecular formula is C47H69N3O6. The highest BCUT2D eigenvalue weighted by atomic mass is 16.6. The van der Waals surface area contributed by atoms with Gasteiger partial charge in [0.1, 0.15) is 11.4 Å². The standard InChI is InChI=1S/C47H69N3O6/c1-34(2)28-41(43(52)32-39(30-37-20-12-7-13-21-37)46(55)49-42(29-35(3)4)44(53)47(5)33-56-47)48-45(54)38(24-23-36-18-10-6-11-19-36)31-40(51)22-14-8-15-25-50-26-16-9-17-27-50/h6-7,10-13,18-21,34-35,38-39,41-42H,8-9,14-17,22-33H2,1-5H3,(H,48,54)(H,49,55)/t38?,39-,41+,42+,47-/m1/s1. The number of hydrogen-bond donors (Lipinski definition) is 2. The van der Waals surface area contributed by atoms with Crippen molar-refractivity contribution < 1.29 is 28.7 Å². The second kappa shape index (κ2) is 22.9. The number of ether oxygens (including phenoxy) is 1. The maximum Gasteiger partial charge on any atom is 0.224 e. The summed E-state index contributed by atoms with van der Waals surface area (Å²) in [6, 6.07) is 18.0. The minimum absolute atomic E-state index is 0.0819. The van der Waals surface area contributed by atoms with Gasteiger partial charge in [-0.3, -0.25) is 24.0 Å². The smallest absolute Gasteiger partial charge is 0.224 e. The molecule has 0 radical (unpaired) electrons. The molecule has 2 aromatic rings. The fourth-order valence-corrected chi connectivity index (χ4v) is 7.89. The number of nitrogens with zero attached hydrogens (tertiary/aromatic N) is 1. The first-order valence-electron chi connectivity index (χ1n) is 21.5. The molecule has 308 valence electrons. The van der Waals surface area contributed by atoms with Crippen molar-refractivity contribution in [1.82, 2.24) is 15.5 Å². The van der Waals surface area contributed by atoms with Crippen LogP contribution in [0.3, 0.4) is 0 Å². The van der Waals surface area contributed by atoms with Gasteiger partial charge in [-0.05, 0) is 107 Å². The van der Waals surface area contributed by atoms with E-state index in [2.05, 4.69) is 15.5 Å². The van der Waals surface area contributed by atoms with E-state index in [1.807, 2.05) is 88.4 Å². The highest BCUT2D eigenvalue weighted by molar-refractivity contribution is 5.98. The largest absolute Gasteiger partial charge is 0.361 e. The van der Waals surface area contributed by atoms with Gasteiger partial charge in [-0.15, -0.1) is 0 Å². The molecular weight excluding hydrogens is 703 g/mol. The van der Waals surface area contributed by atoms with Crippen molar-refractivity contribution in [1.29, 1.82) is 0 Å². The molecule has 56 heavy (non-hydrogen) atoms. The number of piperidine rings is 1. The number of epoxide rings is 1. The van der Waals surface area contributed by atoms with Crippen molar-refractivity contribution in [2.75, 3.05) is 26.2 Å². The Morgan fingerprint density at radius 1 is 0.714 bits per heavy atom. The number of amides is 2. The van der Waals surface area contributed by atoms with Crippen molar-refractivity contribution in [3.05, 3.63) is 71.8 Å². The summed E-state index contributed by atoms with van der Waals surface area (Å²) >= 11 is 0. The first-order valence-corrected chi connectivity index (χ1v) is 21.5. The van der Waals surface area contributed by atoms with Gasteiger partial charge in [0.05, 0.1) is 18.7 Å². The Kier molecular flexibility index (Phi) is 18.4. The van der Waals surface area contributed by atoms with Crippen LogP contribution < -0.4 is 10.6 Å². The normalized spacial score (nSPS) is 19.2. The highest BCUT2D eigenvalue weighted by Crippen LogP contribution is 2.30. The summed E-state index contributed by atoms with van der Waals surface area (Å²) in [5.74, 6) is -2.03. The number of likely N-dealkylation sites (tertiary alicyclic amines) is 1. The number of Topliss-reactive ketones (excluding diaryl/α,β-unsaturated/α-hetero) is 3. The van der Waals surface area contributed by atoms with Crippen LogP contribution in [0.15, 0.2) is 60.7 Å². The van der Waals surface area contributed by atoms with E-state index >= 15 is 0 Å². The number of ketones is 3. The predicted octanol–water partition coefficient (Wildman–Crippen LogP) is 7.48. The third-order valence-corrected chi connectivity index (χ3v) is 11.3. The SMILES string of the molecule is CC(C)C[C@H](NC(=O)C(CCc1ccccc1)CC(=O)CCCCCN1CCCCC1)C(=O)C[C@@H](Cc1ccccc1)C(=O)N[C@@H](CC(C)C)C(=O)[C@@]1(C)CO1. The molecule has 0 spiro atoms. The van der Waals surface area contributed by atoms with Crippen molar-refractivity contribution in [3.63, 3.8) is 0 Å². The molecule has 2 fully saturated rings. The molecule has 0 aliphatic carbocycles. The molecule has 0 aromatic heterocycles. The molecule has 2 heterocycles. The predicted molar refractivity (Wildman–Crippen MR) is 222 cm³/mol. The van der Waals surface area contributed by atoms with Crippen LogP contribution in [0.5, 0.6) is 0 Å². The first kappa shape index (κ1) is 45.0. The zero-order valence-electron chi connectivity index (χ0n) is 34.9. The Balaban J connectivity index is 1.45. The topological polar surface area (TPSA) is 125 Å². The summed E-state index contributed by atoms with van der Waals surface area (Å²) < 4.78 is 5.45. The van der Waals surface area contributed by atoms with Crippen LogP contribution >= 0.6 is 0 Å². The van der Waals surface area contributed by atoms with E-state index in [0.717, 1.165) is 36.9 Å². The van der Waals surface area contributed by atoms with Crippen LogP contribution in [0.2, 0.25) is 0 Å². The lowest BCUT2D eigenvalue weighted by Crippen LogP contribution is -2.50. The van der Waals surface area contributed by atoms with Gasteiger partial charge in [-0.25, -0.2) is 0 Å². The van der Waals surface area contributed by atoms with Gasteiger partial charge in [-0.1, -0.05) is 101 Å². The number of hydrogen-bond acceptors (Lipinski definition) is 7. The molecule has 2 aromatic carbocycles. The lowest BCUT2D eigenvalue weighted by molar-refractivity contribution is -0.135. The number of aryl methyl sites for hydroxylation is 1. The zero-order valence-corrected chi connectivity index (χ0v) is 34.9. The third kappa shape index (κ3) is 15.7. The van der Waals surface area contributed by atoms with Gasteiger partial charge < -0.3 is 20.3 Å². The minimum Gasteiger partial charge on any atom is -0.361 e. The molecule has 2 aliphatic heterocycles. The number of unbranched alkanes of at least 4 members (excludes halogenated alkanes) is 2. The fourth-order valence-electron chi connectivity index (χ4n) is 7.89. The molecule has 5 atom stereocenters. The number of carbonyl (C=O) groups is 5. The van der Waals surface area contributed by atoms with E-state index < -0.39 is 29.5 Å². The van der Waals surface area contributed by atoms with Crippen LogP contribution in [0.1, 0.15) is 123 Å². The summed E-state index contributed by atoms with van der Waals surface area (Å²) in [5.41, 5.74) is 1.10. The Bertz CT molecular complexity index is 1530. The summed E-state index contributed by atoms with van der Waals surface area (Å²) in [5, 5.41) is 6.08. The van der Waals surface area contributed by atoms with Crippen LogP contribution in [-0.4, -0.2) is 78.0 Å². The van der Waals surface area contributed by atoms with Gasteiger partial charge in [0, 0.05) is 31.1 Å². The number of carbonyl (C=O) groups excluding carboxylic acids is 5. The molecule has 0 saturated carbocycles. The van der Waals surface area contributed by atoms with Crippen molar-refractivity contribution in [2.45, 2.75) is 142 Å². The maximum atomic E-state index is 14.3. The molecule has 9 nitrogen and oxygen atoms in total. The van der Waals surface area contributed by atoms with E-state index in [-0.39, 0.29) is 53.8 Å². The van der Waals surface area contributed by atoms with Crippen LogP contribution in [0.25, 0.3) is 0 Å². The van der Waals surface area contributed by atoms with E-state index in [1.165, 1.54) is 32.4 Å². The van der Waals surface area contributed by atoms with Crippen molar-refractivity contribution in [2.24, 2.45) is 23.7 Å². The quantitative estimate of drug-likeness (QED) is 0.0751. The van der Waals surface area contributed by atoms with Gasteiger partial charge in [0.25, 0.3) is 0 Å². The van der Waals surface area contributed by atoms with E-state index in [4.69, 9.17) is 4.74 Å². The van der Waals surface area contributed by atoms with E-state index in [0.29, 0.717) is 45.1 Å². The van der Waals surface area contributed by atoms with Gasteiger partial charge in [0.2, 0.25) is 11.8 Å². The third-order valence-electron chi connectivity index (χ3n) is 11.3. The molecule has 2 amide bonds. The number of benzene rings is 2. The van der Waals surface area contributed by atoms with Crippen LogP contribution in [0, 0.1) is 23.7 Å². The molecule has 2 saturated heterocycles.